The minimum absolute atomic E-state index is 0.149. The number of rotatable bonds is 1. The summed E-state index contributed by atoms with van der Waals surface area (Å²) in [4.78, 5) is 25.2. The van der Waals surface area contributed by atoms with E-state index in [1.807, 2.05) is 0 Å². The number of fused-ring (bicyclic) bond motifs is 1. The first-order valence-corrected chi connectivity index (χ1v) is 9.41. The molecule has 0 radical (unpaired) electrons. The van der Waals surface area contributed by atoms with E-state index >= 15 is 0 Å². The van der Waals surface area contributed by atoms with Crippen LogP contribution in [0.5, 0.6) is 0 Å². The van der Waals surface area contributed by atoms with Gasteiger partial charge >= 0.3 is 11.9 Å². The quantitative estimate of drug-likeness (QED) is 0.718. The van der Waals surface area contributed by atoms with Crippen LogP contribution >= 0.6 is 0 Å². The minimum atomic E-state index is -1.06. The number of hydrogen-bond donors (Lipinski definition) is 2. The van der Waals surface area contributed by atoms with Crippen molar-refractivity contribution in [2.75, 3.05) is 0 Å². The predicted molar refractivity (Wildman–Crippen MR) is 83.8 cm³/mol. The Balaban J connectivity index is 1.74. The van der Waals surface area contributed by atoms with E-state index in [-0.39, 0.29) is 23.2 Å². The second kappa shape index (κ2) is 4.17. The molecule has 9 atom stereocenters. The molecule has 0 aromatic carbocycles. The second-order valence-corrected chi connectivity index (χ2v) is 9.48. The van der Waals surface area contributed by atoms with E-state index < -0.39 is 29.0 Å². The zero-order valence-electron chi connectivity index (χ0n) is 14.3. The standard InChI is InChI=1S/C19H26O5/c1-9-7-18-8-10(9)3-4-11(18)19-6-5-12(20)17(2,16(23)24-19)14(19)13(18)15(21)22/h9-14,20H,3-8H2,1-2H3,(H,21,22)/t9?,10-,11-,12+,13-,14-,17-,18+,19-/m1/s1. The van der Waals surface area contributed by atoms with Crippen LogP contribution in [0.1, 0.15) is 52.4 Å². The summed E-state index contributed by atoms with van der Waals surface area (Å²) in [5.74, 6) is -0.816. The van der Waals surface area contributed by atoms with E-state index in [0.29, 0.717) is 24.7 Å². The van der Waals surface area contributed by atoms with Gasteiger partial charge in [-0.05, 0) is 62.7 Å². The largest absolute Gasteiger partial charge is 0.481 e. The number of carbonyl (C=O) groups excluding carboxylic acids is 1. The summed E-state index contributed by atoms with van der Waals surface area (Å²) in [5.41, 5.74) is -1.96. The van der Waals surface area contributed by atoms with E-state index in [1.165, 1.54) is 0 Å². The highest BCUT2D eigenvalue weighted by Crippen LogP contribution is 2.77. The molecule has 5 fully saturated rings. The maximum atomic E-state index is 12.7. The lowest BCUT2D eigenvalue weighted by atomic mass is 9.59. The molecule has 132 valence electrons. The zero-order chi connectivity index (χ0) is 17.1. The monoisotopic (exact) mass is 334 g/mol. The van der Waals surface area contributed by atoms with Gasteiger partial charge in [0.1, 0.15) is 5.60 Å². The first-order valence-electron chi connectivity index (χ1n) is 9.41. The van der Waals surface area contributed by atoms with Crippen molar-refractivity contribution in [2.45, 2.75) is 64.1 Å². The smallest absolute Gasteiger partial charge is 0.315 e. The van der Waals surface area contributed by atoms with Crippen molar-refractivity contribution < 1.29 is 24.5 Å². The van der Waals surface area contributed by atoms with Crippen LogP contribution in [-0.4, -0.2) is 33.9 Å². The van der Waals surface area contributed by atoms with E-state index in [4.69, 9.17) is 4.74 Å². The van der Waals surface area contributed by atoms with Crippen molar-refractivity contribution in [3.05, 3.63) is 0 Å². The van der Waals surface area contributed by atoms with Gasteiger partial charge in [0.2, 0.25) is 0 Å². The van der Waals surface area contributed by atoms with Crippen LogP contribution in [0.25, 0.3) is 0 Å². The fraction of sp³-hybridized carbons (Fsp3) is 0.895. The summed E-state index contributed by atoms with van der Waals surface area (Å²) in [6, 6.07) is 0. The van der Waals surface area contributed by atoms with Gasteiger partial charge in [-0.15, -0.1) is 0 Å². The topological polar surface area (TPSA) is 83.8 Å². The van der Waals surface area contributed by atoms with Crippen molar-refractivity contribution in [1.29, 1.82) is 0 Å². The van der Waals surface area contributed by atoms with Gasteiger partial charge in [-0.25, -0.2) is 0 Å². The Kier molecular flexibility index (Phi) is 2.64. The lowest BCUT2D eigenvalue weighted by Crippen LogP contribution is -2.53. The van der Waals surface area contributed by atoms with Gasteiger partial charge in [-0.2, -0.15) is 0 Å². The third kappa shape index (κ3) is 1.33. The summed E-state index contributed by atoms with van der Waals surface area (Å²) in [6.45, 7) is 4.01. The van der Waals surface area contributed by atoms with E-state index in [0.717, 1.165) is 25.7 Å². The van der Waals surface area contributed by atoms with E-state index in [2.05, 4.69) is 6.92 Å². The molecule has 1 heterocycles. The SMILES string of the molecule is CC1C[C@]23C[C@H]1CC[C@H]2[C@@]12CC[C@H](O)[C@@](C)(C(=O)O1)[C@H]2[C@@H]3C(=O)O. The number of carboxylic acid groups (broad SMARTS) is 1. The lowest BCUT2D eigenvalue weighted by molar-refractivity contribution is -0.162. The van der Waals surface area contributed by atoms with Crippen LogP contribution in [-0.2, 0) is 14.3 Å². The molecular formula is C19H26O5. The Morgan fingerprint density at radius 2 is 2.00 bits per heavy atom. The predicted octanol–water partition coefficient (Wildman–Crippen LogP) is 2.22. The number of aliphatic hydroxyl groups excluding tert-OH is 1. The number of carboxylic acids is 1. The molecule has 4 saturated carbocycles. The van der Waals surface area contributed by atoms with Gasteiger partial charge < -0.3 is 14.9 Å². The summed E-state index contributed by atoms with van der Waals surface area (Å²) in [7, 11) is 0. The summed E-state index contributed by atoms with van der Waals surface area (Å²) in [6.07, 6.45) is 4.34. The van der Waals surface area contributed by atoms with Crippen molar-refractivity contribution >= 4 is 11.9 Å². The fourth-order valence-electron chi connectivity index (χ4n) is 8.08. The van der Waals surface area contributed by atoms with Gasteiger partial charge in [0.05, 0.1) is 17.4 Å². The van der Waals surface area contributed by atoms with Gasteiger partial charge in [0.15, 0.2) is 0 Å². The van der Waals surface area contributed by atoms with Crippen LogP contribution in [0, 0.1) is 40.4 Å². The molecule has 2 N–H and O–H groups in total. The molecule has 5 rings (SSSR count). The second-order valence-electron chi connectivity index (χ2n) is 9.48. The number of aliphatic hydroxyl groups is 1. The molecule has 24 heavy (non-hydrogen) atoms. The van der Waals surface area contributed by atoms with Crippen LogP contribution in [0.2, 0.25) is 0 Å². The molecule has 1 saturated heterocycles. The van der Waals surface area contributed by atoms with Gasteiger partial charge in [0.25, 0.3) is 0 Å². The van der Waals surface area contributed by atoms with Crippen molar-refractivity contribution in [1.82, 2.24) is 0 Å². The molecule has 5 heteroatoms. The number of ether oxygens (including phenoxy) is 1. The van der Waals surface area contributed by atoms with Crippen LogP contribution in [0.15, 0.2) is 0 Å². The normalized spacial score (nSPS) is 60.5. The van der Waals surface area contributed by atoms with E-state index in [1.54, 1.807) is 6.92 Å². The van der Waals surface area contributed by atoms with Gasteiger partial charge in [0, 0.05) is 11.8 Å². The molecule has 1 unspecified atom stereocenters. The first-order chi connectivity index (χ1) is 11.3. The Morgan fingerprint density at radius 1 is 1.25 bits per heavy atom. The lowest BCUT2D eigenvalue weighted by Gasteiger charge is -2.44. The summed E-state index contributed by atoms with van der Waals surface area (Å²) in [5, 5.41) is 20.8. The molecule has 1 aliphatic heterocycles. The fourth-order valence-corrected chi connectivity index (χ4v) is 8.08. The minimum Gasteiger partial charge on any atom is -0.481 e. The summed E-state index contributed by atoms with van der Waals surface area (Å²) < 4.78 is 6.04. The Hall–Kier alpha value is -1.10. The Bertz CT molecular complexity index is 642. The van der Waals surface area contributed by atoms with Crippen LogP contribution in [0.4, 0.5) is 0 Å². The molecular weight excluding hydrogens is 308 g/mol. The molecule has 0 aromatic heterocycles. The average molecular weight is 334 g/mol. The van der Waals surface area contributed by atoms with Gasteiger partial charge in [-0.3, -0.25) is 9.59 Å². The molecule has 0 amide bonds. The molecule has 0 aromatic rings. The number of hydrogen-bond acceptors (Lipinski definition) is 4. The van der Waals surface area contributed by atoms with Gasteiger partial charge in [-0.1, -0.05) is 6.92 Å². The average Bonchev–Trinajstić information content (AvgIpc) is 2.98. The summed E-state index contributed by atoms with van der Waals surface area (Å²) >= 11 is 0. The van der Waals surface area contributed by atoms with E-state index in [9.17, 15) is 19.8 Å². The van der Waals surface area contributed by atoms with Crippen LogP contribution in [0.3, 0.4) is 0 Å². The molecule has 1 spiro atoms. The highest BCUT2D eigenvalue weighted by Gasteiger charge is 2.83. The molecule has 4 aliphatic carbocycles. The number of esters is 1. The third-order valence-corrected chi connectivity index (χ3v) is 8.87. The van der Waals surface area contributed by atoms with Crippen molar-refractivity contribution in [3.8, 4) is 0 Å². The maximum Gasteiger partial charge on any atom is 0.315 e. The zero-order valence-corrected chi connectivity index (χ0v) is 14.3. The highest BCUT2D eigenvalue weighted by molar-refractivity contribution is 5.85. The third-order valence-electron chi connectivity index (χ3n) is 8.87. The molecule has 5 aliphatic rings. The van der Waals surface area contributed by atoms with Crippen molar-refractivity contribution in [3.63, 3.8) is 0 Å². The molecule has 5 nitrogen and oxygen atoms in total. The Morgan fingerprint density at radius 3 is 2.71 bits per heavy atom. The number of carbonyl (C=O) groups is 2. The number of aliphatic carboxylic acids is 1. The molecule has 4 bridgehead atoms. The highest BCUT2D eigenvalue weighted by atomic mass is 16.6. The first kappa shape index (κ1) is 15.2. The maximum absolute atomic E-state index is 12.7. The Labute approximate surface area is 141 Å². The van der Waals surface area contributed by atoms with Crippen molar-refractivity contribution in [2.24, 2.45) is 40.4 Å². The van der Waals surface area contributed by atoms with Crippen LogP contribution < -0.4 is 0 Å².